The number of rotatable bonds is 4. The number of hydrogen-bond donors (Lipinski definition) is 1. The van der Waals surface area contributed by atoms with E-state index < -0.39 is 0 Å². The standard InChI is InChI=1S/C14H15N3O/c1-2-16-14(18)6-8-17-7-5-12-9-11(10-15)3-4-13(12)17/h3-5,7,9H,2,6,8H2,1H3,(H,16,18). The molecule has 0 aliphatic rings. The first-order valence-electron chi connectivity index (χ1n) is 6.00. The molecule has 0 radical (unpaired) electrons. The van der Waals surface area contributed by atoms with Gasteiger partial charge in [-0.05, 0) is 31.2 Å². The van der Waals surface area contributed by atoms with Crippen molar-refractivity contribution >= 4 is 16.8 Å². The lowest BCUT2D eigenvalue weighted by Gasteiger charge is -2.05. The highest BCUT2D eigenvalue weighted by molar-refractivity contribution is 5.82. The zero-order valence-corrected chi connectivity index (χ0v) is 10.3. The predicted octanol–water partition coefficient (Wildman–Crippen LogP) is 2.04. The predicted molar refractivity (Wildman–Crippen MR) is 70.0 cm³/mol. The van der Waals surface area contributed by atoms with Crippen LogP contribution < -0.4 is 5.32 Å². The highest BCUT2D eigenvalue weighted by atomic mass is 16.1. The molecule has 0 saturated heterocycles. The molecule has 0 fully saturated rings. The topological polar surface area (TPSA) is 57.8 Å². The maximum atomic E-state index is 11.4. The van der Waals surface area contributed by atoms with Crippen LogP contribution in [0, 0.1) is 11.3 Å². The molecule has 1 aromatic carbocycles. The van der Waals surface area contributed by atoms with E-state index in [9.17, 15) is 4.79 Å². The summed E-state index contributed by atoms with van der Waals surface area (Å²) in [7, 11) is 0. The number of fused-ring (bicyclic) bond motifs is 1. The molecule has 1 heterocycles. The molecule has 18 heavy (non-hydrogen) atoms. The van der Waals surface area contributed by atoms with Gasteiger partial charge in [-0.15, -0.1) is 0 Å². The first kappa shape index (κ1) is 12.2. The fourth-order valence-corrected chi connectivity index (χ4v) is 1.97. The van der Waals surface area contributed by atoms with E-state index in [2.05, 4.69) is 11.4 Å². The lowest BCUT2D eigenvalue weighted by atomic mass is 10.2. The van der Waals surface area contributed by atoms with Crippen molar-refractivity contribution in [2.45, 2.75) is 19.9 Å². The van der Waals surface area contributed by atoms with Gasteiger partial charge in [0.15, 0.2) is 0 Å². The van der Waals surface area contributed by atoms with Gasteiger partial charge in [0.25, 0.3) is 0 Å². The van der Waals surface area contributed by atoms with Crippen LogP contribution >= 0.6 is 0 Å². The smallest absolute Gasteiger partial charge is 0.221 e. The molecule has 0 saturated carbocycles. The van der Waals surface area contributed by atoms with Gasteiger partial charge in [0.1, 0.15) is 0 Å². The summed E-state index contributed by atoms with van der Waals surface area (Å²) in [4.78, 5) is 11.4. The number of hydrogen-bond acceptors (Lipinski definition) is 2. The van der Waals surface area contributed by atoms with Gasteiger partial charge in [-0.3, -0.25) is 4.79 Å². The Morgan fingerprint density at radius 3 is 3.00 bits per heavy atom. The Hall–Kier alpha value is -2.28. The van der Waals surface area contributed by atoms with Crippen LogP contribution in [-0.2, 0) is 11.3 Å². The maximum absolute atomic E-state index is 11.4. The first-order chi connectivity index (χ1) is 8.74. The highest BCUT2D eigenvalue weighted by Crippen LogP contribution is 2.17. The van der Waals surface area contributed by atoms with E-state index in [4.69, 9.17) is 5.26 Å². The molecule has 0 atom stereocenters. The monoisotopic (exact) mass is 241 g/mol. The third kappa shape index (κ3) is 2.51. The number of carbonyl (C=O) groups excluding carboxylic acids is 1. The van der Waals surface area contributed by atoms with Crippen molar-refractivity contribution < 1.29 is 4.79 Å². The van der Waals surface area contributed by atoms with E-state index >= 15 is 0 Å². The third-order valence-electron chi connectivity index (χ3n) is 2.85. The Labute approximate surface area is 106 Å². The fourth-order valence-electron chi connectivity index (χ4n) is 1.97. The van der Waals surface area contributed by atoms with E-state index in [-0.39, 0.29) is 5.91 Å². The van der Waals surface area contributed by atoms with Crippen LogP contribution in [0.25, 0.3) is 10.9 Å². The summed E-state index contributed by atoms with van der Waals surface area (Å²) in [5.74, 6) is 0.0630. The van der Waals surface area contributed by atoms with Gasteiger partial charge in [-0.2, -0.15) is 5.26 Å². The van der Waals surface area contributed by atoms with E-state index in [1.807, 2.05) is 35.9 Å². The third-order valence-corrected chi connectivity index (χ3v) is 2.85. The molecular formula is C14H15N3O. The van der Waals surface area contributed by atoms with Gasteiger partial charge >= 0.3 is 0 Å². The Morgan fingerprint density at radius 1 is 1.44 bits per heavy atom. The summed E-state index contributed by atoms with van der Waals surface area (Å²) in [6, 6.07) is 9.67. The summed E-state index contributed by atoms with van der Waals surface area (Å²) in [5.41, 5.74) is 1.71. The first-order valence-corrected chi connectivity index (χ1v) is 6.00. The molecule has 0 aliphatic heterocycles. The van der Waals surface area contributed by atoms with E-state index in [0.29, 0.717) is 25.1 Å². The number of aromatic nitrogens is 1. The van der Waals surface area contributed by atoms with Gasteiger partial charge in [0.2, 0.25) is 5.91 Å². The Morgan fingerprint density at radius 2 is 2.28 bits per heavy atom. The Kier molecular flexibility index (Phi) is 3.63. The number of nitrogens with one attached hydrogen (secondary N) is 1. The van der Waals surface area contributed by atoms with Crippen LogP contribution in [0.1, 0.15) is 18.9 Å². The van der Waals surface area contributed by atoms with Gasteiger partial charge in [0, 0.05) is 36.6 Å². The minimum Gasteiger partial charge on any atom is -0.356 e. The summed E-state index contributed by atoms with van der Waals surface area (Å²) in [6.07, 6.45) is 2.42. The molecule has 1 amide bonds. The number of benzene rings is 1. The van der Waals surface area contributed by atoms with Crippen molar-refractivity contribution in [3.63, 3.8) is 0 Å². The fraction of sp³-hybridized carbons (Fsp3) is 0.286. The number of nitrogens with zero attached hydrogens (tertiary/aromatic N) is 2. The SMILES string of the molecule is CCNC(=O)CCn1ccc2cc(C#N)ccc21. The van der Waals surface area contributed by atoms with E-state index in [0.717, 1.165) is 10.9 Å². The van der Waals surface area contributed by atoms with Crippen LogP contribution in [0.15, 0.2) is 30.5 Å². The molecule has 92 valence electrons. The van der Waals surface area contributed by atoms with Crippen molar-refractivity contribution in [2.75, 3.05) is 6.54 Å². The molecule has 4 heteroatoms. The van der Waals surface area contributed by atoms with Crippen LogP contribution in [0.4, 0.5) is 0 Å². The normalized spacial score (nSPS) is 10.2. The molecule has 2 rings (SSSR count). The second kappa shape index (κ2) is 5.37. The van der Waals surface area contributed by atoms with Crippen molar-refractivity contribution in [3.8, 4) is 6.07 Å². The van der Waals surface area contributed by atoms with Crippen LogP contribution in [-0.4, -0.2) is 17.0 Å². The lowest BCUT2D eigenvalue weighted by Crippen LogP contribution is -2.23. The zero-order valence-electron chi connectivity index (χ0n) is 10.3. The van der Waals surface area contributed by atoms with E-state index in [1.165, 1.54) is 0 Å². The van der Waals surface area contributed by atoms with Gasteiger partial charge in [0.05, 0.1) is 11.6 Å². The van der Waals surface area contributed by atoms with E-state index in [1.54, 1.807) is 6.07 Å². The molecule has 0 spiro atoms. The van der Waals surface area contributed by atoms with Crippen LogP contribution in [0.2, 0.25) is 0 Å². The number of aryl methyl sites for hydroxylation is 1. The summed E-state index contributed by atoms with van der Waals surface area (Å²) < 4.78 is 2.03. The molecule has 0 bridgehead atoms. The van der Waals surface area contributed by atoms with Gasteiger partial charge < -0.3 is 9.88 Å². The van der Waals surface area contributed by atoms with Crippen molar-refractivity contribution in [2.24, 2.45) is 0 Å². The van der Waals surface area contributed by atoms with Gasteiger partial charge in [-0.1, -0.05) is 0 Å². The largest absolute Gasteiger partial charge is 0.356 e. The van der Waals surface area contributed by atoms with Crippen molar-refractivity contribution in [3.05, 3.63) is 36.0 Å². The number of carbonyl (C=O) groups is 1. The second-order valence-electron chi connectivity index (χ2n) is 4.10. The minimum absolute atomic E-state index is 0.0630. The molecular weight excluding hydrogens is 226 g/mol. The zero-order chi connectivity index (χ0) is 13.0. The number of amides is 1. The Balaban J connectivity index is 2.15. The Bertz CT molecular complexity index is 607. The number of nitriles is 1. The molecule has 0 aliphatic carbocycles. The van der Waals surface area contributed by atoms with Crippen LogP contribution in [0.3, 0.4) is 0 Å². The average Bonchev–Trinajstić information content (AvgIpc) is 2.78. The molecule has 1 aromatic heterocycles. The minimum atomic E-state index is 0.0630. The van der Waals surface area contributed by atoms with Gasteiger partial charge in [-0.25, -0.2) is 0 Å². The summed E-state index contributed by atoms with van der Waals surface area (Å²) in [6.45, 7) is 3.23. The van der Waals surface area contributed by atoms with Crippen molar-refractivity contribution in [1.29, 1.82) is 5.26 Å². The molecule has 4 nitrogen and oxygen atoms in total. The second-order valence-corrected chi connectivity index (χ2v) is 4.10. The molecule has 2 aromatic rings. The van der Waals surface area contributed by atoms with Crippen LogP contribution in [0.5, 0.6) is 0 Å². The molecule has 1 N–H and O–H groups in total. The summed E-state index contributed by atoms with van der Waals surface area (Å²) >= 11 is 0. The highest BCUT2D eigenvalue weighted by Gasteiger charge is 2.04. The summed E-state index contributed by atoms with van der Waals surface area (Å²) in [5, 5.41) is 12.6. The average molecular weight is 241 g/mol. The maximum Gasteiger partial charge on any atom is 0.221 e. The lowest BCUT2D eigenvalue weighted by molar-refractivity contribution is -0.121. The quantitative estimate of drug-likeness (QED) is 0.890. The van der Waals surface area contributed by atoms with Crippen molar-refractivity contribution in [1.82, 2.24) is 9.88 Å². The molecule has 0 unspecified atom stereocenters.